The second kappa shape index (κ2) is 6.37. The van der Waals surface area contributed by atoms with Crippen LogP contribution in [-0.2, 0) is 11.8 Å². The molecule has 1 amide bonds. The fraction of sp³-hybridized carbons (Fsp3) is 0.714. The van der Waals surface area contributed by atoms with Crippen LogP contribution < -0.4 is 0 Å². The summed E-state index contributed by atoms with van der Waals surface area (Å²) in [6.45, 7) is 1.54. The topological polar surface area (TPSA) is 61.6 Å². The molecule has 0 bridgehead atoms. The molecule has 1 aromatic rings. The van der Waals surface area contributed by atoms with Crippen molar-refractivity contribution in [1.29, 1.82) is 0 Å². The van der Waals surface area contributed by atoms with Crippen molar-refractivity contribution in [3.63, 3.8) is 0 Å². The number of aromatic nitrogens is 2. The lowest BCUT2D eigenvalue weighted by Gasteiger charge is -2.36. The van der Waals surface area contributed by atoms with E-state index in [2.05, 4.69) is 9.88 Å². The Labute approximate surface area is 120 Å². The molecule has 0 spiro atoms. The van der Waals surface area contributed by atoms with Crippen molar-refractivity contribution < 1.29 is 9.90 Å². The zero-order valence-electron chi connectivity index (χ0n) is 12.5. The molecule has 1 aliphatic rings. The number of rotatable bonds is 4. The van der Waals surface area contributed by atoms with E-state index >= 15 is 0 Å². The zero-order chi connectivity index (χ0) is 14.7. The standard InChI is InChI=1S/C14H24N4O2/c1-16(2)11-5-4-7-18(10-11)13(20)9-12(19)14-15-6-8-17(14)3/h6,8,11-12,19H,4-5,7,9-10H2,1-3H3/t11-,12-/m0/s1. The van der Waals surface area contributed by atoms with Crippen molar-refractivity contribution >= 4 is 5.91 Å². The molecule has 6 heteroatoms. The average Bonchev–Trinajstić information content (AvgIpc) is 2.85. The summed E-state index contributed by atoms with van der Waals surface area (Å²) in [5, 5.41) is 10.1. The van der Waals surface area contributed by atoms with Crippen LogP contribution in [0.1, 0.15) is 31.2 Å². The monoisotopic (exact) mass is 280 g/mol. The number of piperidine rings is 1. The molecular formula is C14H24N4O2. The van der Waals surface area contributed by atoms with E-state index in [1.165, 1.54) is 0 Å². The minimum Gasteiger partial charge on any atom is -0.385 e. The maximum Gasteiger partial charge on any atom is 0.225 e. The van der Waals surface area contributed by atoms with Gasteiger partial charge in [-0.1, -0.05) is 0 Å². The summed E-state index contributed by atoms with van der Waals surface area (Å²) < 4.78 is 1.75. The summed E-state index contributed by atoms with van der Waals surface area (Å²) in [7, 11) is 5.90. The Bertz CT molecular complexity index is 458. The first-order chi connectivity index (χ1) is 9.49. The van der Waals surface area contributed by atoms with Gasteiger partial charge in [-0.05, 0) is 26.9 Å². The highest BCUT2D eigenvalue weighted by atomic mass is 16.3. The van der Waals surface area contributed by atoms with E-state index in [-0.39, 0.29) is 12.3 Å². The lowest BCUT2D eigenvalue weighted by molar-refractivity contribution is -0.135. The Hall–Kier alpha value is -1.40. The van der Waals surface area contributed by atoms with E-state index in [9.17, 15) is 9.90 Å². The Morgan fingerprint density at radius 2 is 2.35 bits per heavy atom. The van der Waals surface area contributed by atoms with Gasteiger partial charge in [0.1, 0.15) is 11.9 Å². The molecule has 6 nitrogen and oxygen atoms in total. The molecule has 1 aliphatic heterocycles. The molecule has 1 saturated heterocycles. The van der Waals surface area contributed by atoms with E-state index in [0.717, 1.165) is 25.9 Å². The Morgan fingerprint density at radius 1 is 1.60 bits per heavy atom. The van der Waals surface area contributed by atoms with Gasteiger partial charge in [0.05, 0.1) is 6.42 Å². The number of carbonyl (C=O) groups is 1. The van der Waals surface area contributed by atoms with E-state index in [1.54, 1.807) is 17.0 Å². The molecule has 2 heterocycles. The van der Waals surface area contributed by atoms with Crippen molar-refractivity contribution in [3.05, 3.63) is 18.2 Å². The summed E-state index contributed by atoms with van der Waals surface area (Å²) in [5.74, 6) is 0.548. The number of amides is 1. The number of aryl methyl sites for hydroxylation is 1. The number of imidazole rings is 1. The van der Waals surface area contributed by atoms with Crippen LogP contribution in [-0.4, -0.2) is 63.6 Å². The summed E-state index contributed by atoms with van der Waals surface area (Å²) in [4.78, 5) is 20.4. The van der Waals surface area contributed by atoms with Crippen molar-refractivity contribution in [1.82, 2.24) is 19.4 Å². The fourth-order valence-corrected chi connectivity index (χ4v) is 2.69. The molecule has 0 radical (unpaired) electrons. The molecule has 112 valence electrons. The van der Waals surface area contributed by atoms with Gasteiger partial charge in [-0.3, -0.25) is 4.79 Å². The molecular weight excluding hydrogens is 256 g/mol. The third-order valence-electron chi connectivity index (χ3n) is 4.00. The number of hydrogen-bond acceptors (Lipinski definition) is 4. The quantitative estimate of drug-likeness (QED) is 0.867. The number of aliphatic hydroxyl groups is 1. The van der Waals surface area contributed by atoms with Gasteiger partial charge in [0.2, 0.25) is 5.91 Å². The molecule has 1 N–H and O–H groups in total. The predicted molar refractivity (Wildman–Crippen MR) is 76.1 cm³/mol. The maximum atomic E-state index is 12.3. The number of nitrogens with zero attached hydrogens (tertiary/aromatic N) is 4. The van der Waals surface area contributed by atoms with E-state index in [0.29, 0.717) is 11.9 Å². The van der Waals surface area contributed by atoms with Crippen LogP contribution >= 0.6 is 0 Å². The molecule has 0 unspecified atom stereocenters. The lowest BCUT2D eigenvalue weighted by Crippen LogP contribution is -2.47. The minimum atomic E-state index is -0.831. The van der Waals surface area contributed by atoms with Crippen molar-refractivity contribution in [2.45, 2.75) is 31.4 Å². The Morgan fingerprint density at radius 3 is 2.95 bits per heavy atom. The maximum absolute atomic E-state index is 12.3. The summed E-state index contributed by atoms with van der Waals surface area (Å²) in [6, 6.07) is 0.415. The van der Waals surface area contributed by atoms with Gasteiger partial charge >= 0.3 is 0 Å². The van der Waals surface area contributed by atoms with Crippen LogP contribution in [0.25, 0.3) is 0 Å². The van der Waals surface area contributed by atoms with Crippen molar-refractivity contribution in [3.8, 4) is 0 Å². The first-order valence-electron chi connectivity index (χ1n) is 7.08. The van der Waals surface area contributed by atoms with Crippen LogP contribution in [0.3, 0.4) is 0 Å². The summed E-state index contributed by atoms with van der Waals surface area (Å²) in [6.07, 6.45) is 4.82. The lowest BCUT2D eigenvalue weighted by atomic mass is 10.0. The van der Waals surface area contributed by atoms with Crippen LogP contribution in [0.2, 0.25) is 0 Å². The molecule has 0 aliphatic carbocycles. The fourth-order valence-electron chi connectivity index (χ4n) is 2.69. The van der Waals surface area contributed by atoms with Crippen LogP contribution in [0.15, 0.2) is 12.4 Å². The molecule has 0 saturated carbocycles. The van der Waals surface area contributed by atoms with Gasteiger partial charge in [-0.25, -0.2) is 4.98 Å². The first kappa shape index (κ1) is 15.0. The normalized spacial score (nSPS) is 21.2. The van der Waals surface area contributed by atoms with Gasteiger partial charge < -0.3 is 19.5 Å². The number of likely N-dealkylation sites (N-methyl/N-ethyl adjacent to an activating group) is 1. The highest BCUT2D eigenvalue weighted by Gasteiger charge is 2.27. The smallest absolute Gasteiger partial charge is 0.225 e. The van der Waals surface area contributed by atoms with Gasteiger partial charge in [0.25, 0.3) is 0 Å². The number of hydrogen-bond donors (Lipinski definition) is 1. The average molecular weight is 280 g/mol. The largest absolute Gasteiger partial charge is 0.385 e. The van der Waals surface area contributed by atoms with Crippen molar-refractivity contribution in [2.75, 3.05) is 27.2 Å². The van der Waals surface area contributed by atoms with Crippen LogP contribution in [0.5, 0.6) is 0 Å². The molecule has 20 heavy (non-hydrogen) atoms. The number of carbonyl (C=O) groups excluding carboxylic acids is 1. The number of aliphatic hydroxyl groups excluding tert-OH is 1. The van der Waals surface area contributed by atoms with Crippen LogP contribution in [0, 0.1) is 0 Å². The van der Waals surface area contributed by atoms with Crippen molar-refractivity contribution in [2.24, 2.45) is 7.05 Å². The number of likely N-dealkylation sites (tertiary alicyclic amines) is 1. The SMILES string of the molecule is CN(C)[C@H]1CCCN(C(=O)C[C@H](O)c2nccn2C)C1. The Kier molecular flexibility index (Phi) is 4.77. The van der Waals surface area contributed by atoms with Crippen LogP contribution in [0.4, 0.5) is 0 Å². The van der Waals surface area contributed by atoms with Gasteiger partial charge in [-0.2, -0.15) is 0 Å². The zero-order valence-corrected chi connectivity index (χ0v) is 12.5. The third kappa shape index (κ3) is 3.37. The molecule has 2 rings (SSSR count). The highest BCUT2D eigenvalue weighted by molar-refractivity contribution is 5.77. The highest BCUT2D eigenvalue weighted by Crippen LogP contribution is 2.19. The third-order valence-corrected chi connectivity index (χ3v) is 4.00. The molecule has 0 aromatic carbocycles. The Balaban J connectivity index is 1.93. The second-order valence-corrected chi connectivity index (χ2v) is 5.72. The molecule has 2 atom stereocenters. The summed E-state index contributed by atoms with van der Waals surface area (Å²) in [5.41, 5.74) is 0. The summed E-state index contributed by atoms with van der Waals surface area (Å²) >= 11 is 0. The van der Waals surface area contributed by atoms with E-state index < -0.39 is 6.10 Å². The molecule has 1 aromatic heterocycles. The van der Waals surface area contributed by atoms with Gasteiger partial charge in [0.15, 0.2) is 0 Å². The van der Waals surface area contributed by atoms with Gasteiger partial charge in [-0.15, -0.1) is 0 Å². The second-order valence-electron chi connectivity index (χ2n) is 5.72. The predicted octanol–water partition coefficient (Wildman–Crippen LogP) is 0.396. The minimum absolute atomic E-state index is 0.00653. The first-order valence-corrected chi connectivity index (χ1v) is 7.08. The molecule has 1 fully saturated rings. The van der Waals surface area contributed by atoms with Gasteiger partial charge in [0, 0.05) is 38.6 Å². The van der Waals surface area contributed by atoms with E-state index in [4.69, 9.17) is 0 Å². The van der Waals surface area contributed by atoms with E-state index in [1.807, 2.05) is 26.0 Å².